The summed E-state index contributed by atoms with van der Waals surface area (Å²) < 4.78 is 11.8. The Morgan fingerprint density at radius 1 is 0.948 bits per heavy atom. The molecule has 3 aromatic heterocycles. The highest BCUT2D eigenvalue weighted by molar-refractivity contribution is 7.13. The maximum absolute atomic E-state index is 14.2. The van der Waals surface area contributed by atoms with Crippen molar-refractivity contribution in [3.63, 3.8) is 0 Å². The monoisotopic (exact) mass is 1070 g/mol. The van der Waals surface area contributed by atoms with Gasteiger partial charge in [0, 0.05) is 68.8 Å². The zero-order chi connectivity index (χ0) is 54.6. The van der Waals surface area contributed by atoms with Gasteiger partial charge >= 0.3 is 5.97 Å². The summed E-state index contributed by atoms with van der Waals surface area (Å²) in [4.78, 5) is 85.0. The summed E-state index contributed by atoms with van der Waals surface area (Å²) in [7, 11) is 0. The fourth-order valence-electron chi connectivity index (χ4n) is 10.0. The number of carbonyl (C=O) groups is 5. The number of anilines is 3. The van der Waals surface area contributed by atoms with Gasteiger partial charge in [0.1, 0.15) is 23.5 Å². The third-order valence-corrected chi connectivity index (χ3v) is 15.3. The van der Waals surface area contributed by atoms with Crippen molar-refractivity contribution in [3.8, 4) is 21.9 Å². The molecule has 6 N–H and O–H groups in total. The van der Waals surface area contributed by atoms with E-state index >= 15 is 0 Å². The van der Waals surface area contributed by atoms with Crippen molar-refractivity contribution in [2.75, 3.05) is 36.9 Å². The van der Waals surface area contributed by atoms with Gasteiger partial charge in [-0.1, -0.05) is 75.4 Å². The lowest BCUT2D eigenvalue weighted by Gasteiger charge is -2.35. The minimum Gasteiger partial charge on any atom is -0.451 e. The van der Waals surface area contributed by atoms with E-state index < -0.39 is 47.1 Å². The fraction of sp³-hybridized carbons (Fsp3) is 0.429. The van der Waals surface area contributed by atoms with Crippen LogP contribution in [0.15, 0.2) is 88.9 Å². The van der Waals surface area contributed by atoms with Gasteiger partial charge in [-0.3, -0.25) is 19.2 Å². The predicted molar refractivity (Wildman–Crippen MR) is 287 cm³/mol. The summed E-state index contributed by atoms with van der Waals surface area (Å²) in [5.41, 5.74) is 6.24. The number of aliphatic hydroxyl groups excluding tert-OH is 2. The molecule has 6 aromatic rings. The van der Waals surface area contributed by atoms with Crippen LogP contribution < -0.4 is 21.3 Å². The maximum Gasteiger partial charge on any atom is 0.339 e. The molecule has 0 saturated carbocycles. The first-order valence-electron chi connectivity index (χ1n) is 26.0. The normalized spacial score (nSPS) is 18.1. The molecule has 404 valence electrons. The number of likely N-dealkylation sites (tertiary alicyclic amines) is 2. The minimum atomic E-state index is -0.990. The zero-order valence-corrected chi connectivity index (χ0v) is 44.9. The average Bonchev–Trinajstić information content (AvgIpc) is 4.24. The topological polar surface area (TPSA) is 267 Å². The van der Waals surface area contributed by atoms with Crippen molar-refractivity contribution in [2.24, 2.45) is 5.41 Å². The van der Waals surface area contributed by atoms with Gasteiger partial charge in [0.25, 0.3) is 5.89 Å². The molecule has 0 aliphatic carbocycles. The first-order valence-corrected chi connectivity index (χ1v) is 26.8. The van der Waals surface area contributed by atoms with E-state index in [4.69, 9.17) is 14.1 Å². The second-order valence-electron chi connectivity index (χ2n) is 21.4. The van der Waals surface area contributed by atoms with E-state index in [1.807, 2.05) is 102 Å². The Morgan fingerprint density at radius 2 is 1.70 bits per heavy atom. The summed E-state index contributed by atoms with van der Waals surface area (Å²) in [6, 6.07) is 20.1. The SMILES string of the molecule is Cc1ncsc1-c1ccc(CNC(=O)[C@@H]2C[C@@H](O)CN2C(=O)[C@@H](NC(=O)CCCC(=O)N2CCC(c3nnc(-c4cnc(Nc5ccc6c(c5)C(C)(C)OC6=O)nc4N[C@H](CO)c4ccccc4)o3)CC2)C(C)(C)C)cc1. The molecule has 77 heavy (non-hydrogen) atoms. The predicted octanol–water partition coefficient (Wildman–Crippen LogP) is 6.94. The van der Waals surface area contributed by atoms with Crippen molar-refractivity contribution in [3.05, 3.63) is 118 Å². The van der Waals surface area contributed by atoms with Crippen LogP contribution in [0, 0.1) is 12.3 Å². The standard InChI is InChI=1S/C56H65N11O9S/c1-32-46(77-31-59-32)35-17-15-33(16-18-35)27-57-49(72)43-26-38(69)29-67(43)52(73)47(55(2,3)4)62-44(70)13-10-14-45(71)66-23-21-36(22-24-66)50-64-65-51(75-50)40-28-58-54(63-48(40)61-42(30-68)34-11-8-7-9-12-34)60-37-19-20-39-41(25-37)56(5,6)76-53(39)74/h7-9,11-12,15-20,25,28,31,36,38,42-43,47,68-69H,10,13-14,21-24,26-27,29-30H2,1-6H3,(H,57,72)(H,62,70)(H2,58,60,61,63)/t38-,42-,43+,47-/m1/s1. The number of rotatable bonds is 18. The molecule has 4 atom stereocenters. The lowest BCUT2D eigenvalue weighted by atomic mass is 9.85. The molecule has 2 fully saturated rings. The molecule has 0 radical (unpaired) electrons. The lowest BCUT2D eigenvalue weighted by molar-refractivity contribution is -0.144. The molecular weight excluding hydrogens is 1000 g/mol. The molecule has 3 aliphatic heterocycles. The number of hydrogen-bond donors (Lipinski definition) is 6. The van der Waals surface area contributed by atoms with E-state index in [1.165, 1.54) is 4.90 Å². The van der Waals surface area contributed by atoms with Crippen LogP contribution in [0.25, 0.3) is 21.9 Å². The Kier molecular flexibility index (Phi) is 16.1. The highest BCUT2D eigenvalue weighted by atomic mass is 32.1. The summed E-state index contributed by atoms with van der Waals surface area (Å²) in [5, 5.41) is 42.3. The van der Waals surface area contributed by atoms with Crippen LogP contribution >= 0.6 is 11.3 Å². The van der Waals surface area contributed by atoms with Gasteiger partial charge in [-0.05, 0) is 80.3 Å². The second kappa shape index (κ2) is 22.9. The first kappa shape index (κ1) is 54.2. The Labute approximate surface area is 450 Å². The molecule has 3 aromatic carbocycles. The largest absolute Gasteiger partial charge is 0.451 e. The fourth-order valence-corrected chi connectivity index (χ4v) is 10.8. The number of aryl methyl sites for hydroxylation is 1. The molecule has 2 saturated heterocycles. The lowest BCUT2D eigenvalue weighted by Crippen LogP contribution is -2.57. The molecule has 9 rings (SSSR count). The number of benzene rings is 3. The second-order valence-corrected chi connectivity index (χ2v) is 22.3. The van der Waals surface area contributed by atoms with Crippen molar-refractivity contribution in [2.45, 2.75) is 122 Å². The quantitative estimate of drug-likeness (QED) is 0.0476. The van der Waals surface area contributed by atoms with Crippen LogP contribution in [-0.4, -0.2) is 119 Å². The van der Waals surface area contributed by atoms with E-state index in [1.54, 1.807) is 40.1 Å². The van der Waals surface area contributed by atoms with Gasteiger partial charge < -0.3 is 50.4 Å². The van der Waals surface area contributed by atoms with Crippen LogP contribution in [0.1, 0.15) is 124 Å². The molecule has 6 heterocycles. The molecule has 0 bridgehead atoms. The number of β-amino-alcohol motifs (C(OH)–C–C–N with tert-alkyl or cyclic N) is 1. The molecule has 21 heteroatoms. The van der Waals surface area contributed by atoms with Crippen LogP contribution in [-0.2, 0) is 36.1 Å². The number of aromatic nitrogens is 5. The third kappa shape index (κ3) is 12.5. The highest BCUT2D eigenvalue weighted by Crippen LogP contribution is 2.39. The van der Waals surface area contributed by atoms with E-state index in [0.717, 1.165) is 32.8 Å². The van der Waals surface area contributed by atoms with Gasteiger partial charge in [-0.15, -0.1) is 21.5 Å². The van der Waals surface area contributed by atoms with Gasteiger partial charge in [0.2, 0.25) is 35.5 Å². The maximum atomic E-state index is 14.2. The number of nitrogens with one attached hydrogen (secondary N) is 4. The number of carbonyl (C=O) groups excluding carboxylic acids is 5. The first-order chi connectivity index (χ1) is 36.8. The van der Waals surface area contributed by atoms with E-state index in [-0.39, 0.29) is 80.9 Å². The molecular formula is C56H65N11O9S. The van der Waals surface area contributed by atoms with E-state index in [2.05, 4.69) is 41.4 Å². The molecule has 4 amide bonds. The van der Waals surface area contributed by atoms with E-state index in [0.29, 0.717) is 54.5 Å². The summed E-state index contributed by atoms with van der Waals surface area (Å²) >= 11 is 1.56. The number of aliphatic hydroxyl groups is 2. The molecule has 0 unspecified atom stereocenters. The summed E-state index contributed by atoms with van der Waals surface area (Å²) in [6.07, 6.45) is 2.25. The molecule has 3 aliphatic rings. The van der Waals surface area contributed by atoms with Gasteiger partial charge in [-0.2, -0.15) is 4.98 Å². The zero-order valence-electron chi connectivity index (χ0n) is 44.0. The average molecular weight is 1070 g/mol. The number of nitrogens with zero attached hydrogens (tertiary/aromatic N) is 7. The van der Waals surface area contributed by atoms with Crippen molar-refractivity contribution < 1.29 is 43.3 Å². The number of piperidine rings is 1. The highest BCUT2D eigenvalue weighted by Gasteiger charge is 2.45. The summed E-state index contributed by atoms with van der Waals surface area (Å²) in [6.45, 7) is 11.9. The number of esters is 1. The van der Waals surface area contributed by atoms with Gasteiger partial charge in [0.05, 0.1) is 46.0 Å². The van der Waals surface area contributed by atoms with Crippen LogP contribution in [0.4, 0.5) is 17.5 Å². The number of amides is 4. The Morgan fingerprint density at radius 3 is 2.40 bits per heavy atom. The number of fused-ring (bicyclic) bond motifs is 1. The minimum absolute atomic E-state index is 0.00663. The van der Waals surface area contributed by atoms with Crippen LogP contribution in [0.3, 0.4) is 0 Å². The Balaban J connectivity index is 0.774. The third-order valence-electron chi connectivity index (χ3n) is 14.4. The number of thiazole rings is 1. The van der Waals surface area contributed by atoms with Gasteiger partial charge in [-0.25, -0.2) is 14.8 Å². The van der Waals surface area contributed by atoms with Crippen molar-refractivity contribution in [1.29, 1.82) is 0 Å². The number of hydrogen-bond acceptors (Lipinski definition) is 17. The number of cyclic esters (lactones) is 1. The Bertz CT molecular complexity index is 3110. The smallest absolute Gasteiger partial charge is 0.339 e. The number of ether oxygens (including phenoxy) is 1. The van der Waals surface area contributed by atoms with Crippen LogP contribution in [0.2, 0.25) is 0 Å². The van der Waals surface area contributed by atoms with Crippen LogP contribution in [0.5, 0.6) is 0 Å². The molecule has 0 spiro atoms. The Hall–Kier alpha value is -7.62. The van der Waals surface area contributed by atoms with E-state index in [9.17, 15) is 34.2 Å². The molecule has 20 nitrogen and oxygen atoms in total. The van der Waals surface area contributed by atoms with Gasteiger partial charge in [0.15, 0.2) is 0 Å². The summed E-state index contributed by atoms with van der Waals surface area (Å²) in [5.74, 6) is -0.724. The van der Waals surface area contributed by atoms with Crippen molar-refractivity contribution in [1.82, 2.24) is 45.6 Å². The van der Waals surface area contributed by atoms with Crippen molar-refractivity contribution >= 4 is 58.4 Å².